The lowest BCUT2D eigenvalue weighted by Gasteiger charge is -2.08. The van der Waals surface area contributed by atoms with Gasteiger partial charge in [-0.1, -0.05) is 0 Å². The first-order valence-corrected chi connectivity index (χ1v) is 8.89. The van der Waals surface area contributed by atoms with Gasteiger partial charge in [0.2, 0.25) is 0 Å². The third-order valence-corrected chi connectivity index (χ3v) is 5.81. The zero-order valence-corrected chi connectivity index (χ0v) is 12.5. The van der Waals surface area contributed by atoms with Crippen molar-refractivity contribution < 1.29 is 21.4 Å². The predicted octanol–water partition coefficient (Wildman–Crippen LogP) is 1.34. The van der Waals surface area contributed by atoms with E-state index >= 15 is 0 Å². The first kappa shape index (κ1) is 16.2. The van der Waals surface area contributed by atoms with Gasteiger partial charge in [-0.05, 0) is 31.2 Å². The Kier molecular flexibility index (Phi) is 5.19. The molecule has 0 amide bonds. The summed E-state index contributed by atoms with van der Waals surface area (Å²) >= 11 is 5.51. The Balaban J connectivity index is 2.61. The standard InChI is InChI=1S/C10H14ClNO5S2/c1-8(11)18(13,14)7-6-12-9-2-4-10(5-3-9)19(15,16)17/h2-5,8,12H,6-7H2,1H3,(H,15,16,17). The molecule has 1 rings (SSSR count). The van der Waals surface area contributed by atoms with E-state index < -0.39 is 24.7 Å². The molecule has 0 saturated heterocycles. The summed E-state index contributed by atoms with van der Waals surface area (Å²) < 4.78 is 52.3. The molecule has 19 heavy (non-hydrogen) atoms. The molecule has 0 heterocycles. The monoisotopic (exact) mass is 327 g/mol. The number of sulfone groups is 1. The highest BCUT2D eigenvalue weighted by Crippen LogP contribution is 2.14. The maximum atomic E-state index is 11.4. The van der Waals surface area contributed by atoms with Crippen LogP contribution in [0.4, 0.5) is 5.69 Å². The first-order valence-electron chi connectivity index (χ1n) is 5.30. The molecule has 0 aliphatic heterocycles. The summed E-state index contributed by atoms with van der Waals surface area (Å²) in [6.45, 7) is 1.54. The fourth-order valence-electron chi connectivity index (χ4n) is 1.24. The molecular formula is C10H14ClNO5S2. The van der Waals surface area contributed by atoms with Gasteiger partial charge >= 0.3 is 0 Å². The van der Waals surface area contributed by atoms with Crippen molar-refractivity contribution in [1.82, 2.24) is 0 Å². The quantitative estimate of drug-likeness (QED) is 0.604. The predicted molar refractivity (Wildman–Crippen MR) is 73.8 cm³/mol. The average molecular weight is 328 g/mol. The second-order valence-electron chi connectivity index (χ2n) is 3.84. The molecule has 0 radical (unpaired) electrons. The van der Waals surface area contributed by atoms with E-state index in [0.717, 1.165) is 0 Å². The van der Waals surface area contributed by atoms with Gasteiger partial charge in [0.1, 0.15) is 4.71 Å². The van der Waals surface area contributed by atoms with Crippen LogP contribution in [-0.2, 0) is 20.0 Å². The summed E-state index contributed by atoms with van der Waals surface area (Å²) in [5, 5.41) is 2.82. The third-order valence-electron chi connectivity index (χ3n) is 2.36. The molecule has 1 unspecified atom stereocenters. The zero-order chi connectivity index (χ0) is 14.7. The van der Waals surface area contributed by atoms with Crippen LogP contribution < -0.4 is 5.32 Å². The molecule has 1 aromatic rings. The van der Waals surface area contributed by atoms with Crippen molar-refractivity contribution in [2.24, 2.45) is 0 Å². The van der Waals surface area contributed by atoms with Crippen molar-refractivity contribution in [2.45, 2.75) is 16.5 Å². The maximum absolute atomic E-state index is 11.4. The molecule has 1 aromatic carbocycles. The number of hydrogen-bond acceptors (Lipinski definition) is 5. The lowest BCUT2D eigenvalue weighted by atomic mass is 10.3. The number of alkyl halides is 1. The number of hydrogen-bond donors (Lipinski definition) is 2. The molecule has 0 saturated carbocycles. The summed E-state index contributed by atoms with van der Waals surface area (Å²) in [5.41, 5.74) is 0.546. The Morgan fingerprint density at radius 1 is 1.21 bits per heavy atom. The molecule has 0 spiro atoms. The van der Waals surface area contributed by atoms with Gasteiger partial charge in [0.25, 0.3) is 10.1 Å². The summed E-state index contributed by atoms with van der Waals surface area (Å²) in [7, 11) is -7.55. The molecule has 0 aromatic heterocycles. The van der Waals surface area contributed by atoms with Crippen molar-refractivity contribution in [2.75, 3.05) is 17.6 Å². The van der Waals surface area contributed by atoms with Crippen LogP contribution in [0.25, 0.3) is 0 Å². The van der Waals surface area contributed by atoms with E-state index in [1.165, 1.54) is 31.2 Å². The number of nitrogens with one attached hydrogen (secondary N) is 1. The first-order chi connectivity index (χ1) is 8.63. The normalized spacial score (nSPS) is 14.1. The highest BCUT2D eigenvalue weighted by molar-refractivity contribution is 7.93. The van der Waals surface area contributed by atoms with Crippen LogP contribution in [0, 0.1) is 0 Å². The molecule has 0 fully saturated rings. The fourth-order valence-corrected chi connectivity index (χ4v) is 2.70. The van der Waals surface area contributed by atoms with Crippen LogP contribution in [0.2, 0.25) is 0 Å². The van der Waals surface area contributed by atoms with Gasteiger partial charge in [-0.2, -0.15) is 8.42 Å². The second-order valence-corrected chi connectivity index (χ2v) is 8.61. The topological polar surface area (TPSA) is 101 Å². The number of halogens is 1. The summed E-state index contributed by atoms with van der Waals surface area (Å²) in [6, 6.07) is 5.30. The van der Waals surface area contributed by atoms with E-state index in [4.69, 9.17) is 16.2 Å². The summed E-state index contributed by atoms with van der Waals surface area (Å²) in [6.07, 6.45) is 0. The van der Waals surface area contributed by atoms with Gasteiger partial charge in [0.05, 0.1) is 10.6 Å². The van der Waals surface area contributed by atoms with Crippen LogP contribution in [-0.4, -0.2) is 38.4 Å². The van der Waals surface area contributed by atoms with Crippen molar-refractivity contribution in [3.8, 4) is 0 Å². The fraction of sp³-hybridized carbons (Fsp3) is 0.400. The number of rotatable bonds is 6. The van der Waals surface area contributed by atoms with E-state index in [9.17, 15) is 16.8 Å². The average Bonchev–Trinajstić information content (AvgIpc) is 2.28. The van der Waals surface area contributed by atoms with E-state index in [1.54, 1.807) is 0 Å². The molecule has 0 aliphatic carbocycles. The largest absolute Gasteiger partial charge is 0.384 e. The minimum Gasteiger partial charge on any atom is -0.384 e. The number of benzene rings is 1. The van der Waals surface area contributed by atoms with E-state index in [-0.39, 0.29) is 17.2 Å². The summed E-state index contributed by atoms with van der Waals surface area (Å²) in [4.78, 5) is -0.222. The van der Waals surface area contributed by atoms with Gasteiger partial charge in [0.15, 0.2) is 9.84 Å². The van der Waals surface area contributed by atoms with Gasteiger partial charge < -0.3 is 5.32 Å². The molecule has 108 valence electrons. The molecule has 0 aliphatic rings. The van der Waals surface area contributed by atoms with Crippen molar-refractivity contribution >= 4 is 37.2 Å². The second kappa shape index (κ2) is 6.08. The van der Waals surface area contributed by atoms with Crippen LogP contribution >= 0.6 is 11.6 Å². The third kappa shape index (κ3) is 4.98. The van der Waals surface area contributed by atoms with Gasteiger partial charge in [-0.3, -0.25) is 4.55 Å². The van der Waals surface area contributed by atoms with Crippen LogP contribution in [0.3, 0.4) is 0 Å². The molecule has 2 N–H and O–H groups in total. The van der Waals surface area contributed by atoms with E-state index in [0.29, 0.717) is 5.69 Å². The van der Waals surface area contributed by atoms with E-state index in [2.05, 4.69) is 5.32 Å². The lowest BCUT2D eigenvalue weighted by Crippen LogP contribution is -2.21. The SMILES string of the molecule is CC(Cl)S(=O)(=O)CCNc1ccc(S(=O)(=O)O)cc1. The Bertz CT molecular complexity index is 622. The Morgan fingerprint density at radius 2 is 1.74 bits per heavy atom. The van der Waals surface area contributed by atoms with Crippen LogP contribution in [0.5, 0.6) is 0 Å². The highest BCUT2D eigenvalue weighted by atomic mass is 35.5. The van der Waals surface area contributed by atoms with Crippen molar-refractivity contribution in [3.05, 3.63) is 24.3 Å². The van der Waals surface area contributed by atoms with Gasteiger partial charge in [-0.25, -0.2) is 8.42 Å². The lowest BCUT2D eigenvalue weighted by molar-refractivity contribution is 0.483. The highest BCUT2D eigenvalue weighted by Gasteiger charge is 2.17. The number of anilines is 1. The Labute approximate surface area is 117 Å². The van der Waals surface area contributed by atoms with Crippen molar-refractivity contribution in [3.63, 3.8) is 0 Å². The minimum absolute atomic E-state index is 0.127. The molecule has 9 heteroatoms. The van der Waals surface area contributed by atoms with Crippen LogP contribution in [0.1, 0.15) is 6.92 Å². The Morgan fingerprint density at radius 3 is 2.16 bits per heavy atom. The van der Waals surface area contributed by atoms with Gasteiger partial charge in [-0.15, -0.1) is 11.6 Å². The van der Waals surface area contributed by atoms with Crippen LogP contribution in [0.15, 0.2) is 29.2 Å². The van der Waals surface area contributed by atoms with Crippen molar-refractivity contribution in [1.29, 1.82) is 0 Å². The summed E-state index contributed by atoms with van der Waals surface area (Å²) in [5.74, 6) is -0.127. The zero-order valence-electron chi connectivity index (χ0n) is 10.1. The molecule has 6 nitrogen and oxygen atoms in total. The maximum Gasteiger partial charge on any atom is 0.294 e. The smallest absolute Gasteiger partial charge is 0.294 e. The van der Waals surface area contributed by atoms with Gasteiger partial charge in [0, 0.05) is 12.2 Å². The van der Waals surface area contributed by atoms with E-state index in [1.807, 2.05) is 0 Å². The molecule has 1 atom stereocenters. The minimum atomic E-state index is -4.22. The Hall–Kier alpha value is -0.830. The molecular weight excluding hydrogens is 314 g/mol. The molecule has 0 bridgehead atoms.